The van der Waals surface area contributed by atoms with Crippen LogP contribution in [0.15, 0.2) is 103 Å². The highest BCUT2D eigenvalue weighted by Gasteiger charge is 2.41. The minimum Gasteiger partial charge on any atom is -0.488 e. The average molecular weight is 594 g/mol. The topological polar surface area (TPSA) is 49.9 Å². The van der Waals surface area contributed by atoms with Gasteiger partial charge in [-0.05, 0) is 78.5 Å². The summed E-state index contributed by atoms with van der Waals surface area (Å²) in [7, 11) is 0. The predicted molar refractivity (Wildman–Crippen MR) is 161 cm³/mol. The minimum absolute atomic E-state index is 0.0572. The number of hydrogen-bond donors (Lipinski definition) is 0. The van der Waals surface area contributed by atoms with Crippen molar-refractivity contribution in [1.29, 1.82) is 0 Å². The Balaban J connectivity index is 1.57. The second-order valence-corrected chi connectivity index (χ2v) is 10.1. The summed E-state index contributed by atoms with van der Waals surface area (Å²) in [6.45, 7) is 0.174. The lowest BCUT2D eigenvalue weighted by Gasteiger charge is -2.36. The Kier molecular flexibility index (Phi) is 8.00. The van der Waals surface area contributed by atoms with Gasteiger partial charge in [0.1, 0.15) is 17.9 Å². The predicted octanol–water partition coefficient (Wildman–Crippen LogP) is 7.97. The number of carbonyl (C=O) groups is 2. The van der Waals surface area contributed by atoms with E-state index in [1.54, 1.807) is 84.9 Å². The number of rotatable bonds is 6. The average Bonchev–Trinajstić information content (AvgIpc) is 2.93. The van der Waals surface area contributed by atoms with Gasteiger partial charge in [-0.25, -0.2) is 0 Å². The number of hydrogen-bond acceptors (Lipinski definition) is 4. The van der Waals surface area contributed by atoms with Gasteiger partial charge in [0.05, 0.1) is 21.4 Å². The molecule has 0 aromatic heterocycles. The first-order chi connectivity index (χ1) is 18.8. The molecule has 39 heavy (non-hydrogen) atoms. The third-order valence-electron chi connectivity index (χ3n) is 5.93. The molecule has 5 rings (SSSR count). The molecule has 1 fully saturated rings. The summed E-state index contributed by atoms with van der Waals surface area (Å²) < 4.78 is 6.05. The van der Waals surface area contributed by atoms with Crippen molar-refractivity contribution in [3.05, 3.63) is 129 Å². The van der Waals surface area contributed by atoms with Gasteiger partial charge in [0.2, 0.25) is 0 Å². The molecule has 5 nitrogen and oxygen atoms in total. The molecule has 1 saturated heterocycles. The molecule has 194 valence electrons. The number of anilines is 2. The van der Waals surface area contributed by atoms with E-state index in [-0.39, 0.29) is 17.3 Å². The maximum atomic E-state index is 13.8. The summed E-state index contributed by atoms with van der Waals surface area (Å²) in [6, 6.07) is 28.0. The Hall–Kier alpha value is -3.68. The number of benzene rings is 4. The normalized spacial score (nSPS) is 13.6. The van der Waals surface area contributed by atoms with Gasteiger partial charge >= 0.3 is 0 Å². The Morgan fingerprint density at radius 1 is 0.718 bits per heavy atom. The highest BCUT2D eigenvalue weighted by molar-refractivity contribution is 7.81. The fourth-order valence-electron chi connectivity index (χ4n) is 4.05. The van der Waals surface area contributed by atoms with Crippen LogP contribution in [-0.2, 0) is 16.2 Å². The molecule has 0 saturated carbocycles. The molecule has 0 radical (unpaired) electrons. The molecule has 0 atom stereocenters. The van der Waals surface area contributed by atoms with E-state index in [9.17, 15) is 9.59 Å². The fraction of sp³-hybridized carbons (Fsp3) is 0.0333. The first-order valence-electron chi connectivity index (χ1n) is 11.7. The lowest BCUT2D eigenvalue weighted by molar-refractivity contribution is -0.120. The summed E-state index contributed by atoms with van der Waals surface area (Å²) in [5.74, 6) is -0.693. The van der Waals surface area contributed by atoms with Crippen LogP contribution in [0.2, 0.25) is 15.1 Å². The second kappa shape index (κ2) is 11.6. The molecule has 4 aromatic rings. The van der Waals surface area contributed by atoms with Gasteiger partial charge < -0.3 is 4.74 Å². The van der Waals surface area contributed by atoms with Crippen LogP contribution in [0.4, 0.5) is 11.4 Å². The number of halogens is 3. The third kappa shape index (κ3) is 5.70. The quantitative estimate of drug-likeness (QED) is 0.129. The van der Waals surface area contributed by atoms with E-state index >= 15 is 0 Å². The fourth-order valence-corrected chi connectivity index (χ4v) is 4.93. The van der Waals surface area contributed by atoms with Crippen molar-refractivity contribution in [2.24, 2.45) is 0 Å². The van der Waals surface area contributed by atoms with E-state index in [2.05, 4.69) is 0 Å². The van der Waals surface area contributed by atoms with E-state index in [0.717, 1.165) is 5.56 Å². The smallest absolute Gasteiger partial charge is 0.270 e. The van der Waals surface area contributed by atoms with Crippen molar-refractivity contribution in [3.63, 3.8) is 0 Å². The number of ether oxygens (including phenoxy) is 1. The lowest BCUT2D eigenvalue weighted by atomic mass is 10.0. The highest BCUT2D eigenvalue weighted by Crippen LogP contribution is 2.33. The molecule has 0 aliphatic carbocycles. The van der Waals surface area contributed by atoms with E-state index in [1.807, 2.05) is 12.1 Å². The number of thiocarbonyl (C=S) groups is 1. The molecule has 2 amide bonds. The molecule has 9 heteroatoms. The maximum Gasteiger partial charge on any atom is 0.270 e. The van der Waals surface area contributed by atoms with Crippen molar-refractivity contribution >= 4 is 81.4 Å². The zero-order valence-corrected chi connectivity index (χ0v) is 23.3. The zero-order chi connectivity index (χ0) is 27.5. The molecular weight excluding hydrogens is 575 g/mol. The number of para-hydroxylation sites is 2. The molecule has 0 spiro atoms. The Bertz CT molecular complexity index is 1550. The molecule has 1 heterocycles. The molecule has 4 aromatic carbocycles. The number of nitrogens with zero attached hydrogens (tertiary/aromatic N) is 2. The van der Waals surface area contributed by atoms with Crippen molar-refractivity contribution < 1.29 is 14.3 Å². The summed E-state index contributed by atoms with van der Waals surface area (Å²) in [4.78, 5) is 30.3. The van der Waals surface area contributed by atoms with Crippen LogP contribution in [-0.4, -0.2) is 16.9 Å². The van der Waals surface area contributed by atoms with Crippen LogP contribution < -0.4 is 14.5 Å². The van der Waals surface area contributed by atoms with Gasteiger partial charge in [-0.15, -0.1) is 0 Å². The molecule has 0 unspecified atom stereocenters. The monoisotopic (exact) mass is 592 g/mol. The first kappa shape index (κ1) is 26.9. The van der Waals surface area contributed by atoms with Crippen LogP contribution in [0, 0.1) is 0 Å². The largest absolute Gasteiger partial charge is 0.488 e. The van der Waals surface area contributed by atoms with E-state index in [0.29, 0.717) is 37.8 Å². The van der Waals surface area contributed by atoms with E-state index < -0.39 is 11.8 Å². The van der Waals surface area contributed by atoms with Crippen molar-refractivity contribution in [3.8, 4) is 5.75 Å². The van der Waals surface area contributed by atoms with Gasteiger partial charge in [-0.1, -0.05) is 77.3 Å². The van der Waals surface area contributed by atoms with Gasteiger partial charge in [0.25, 0.3) is 11.8 Å². The standard InChI is InChI=1S/C30H19Cl3N2O3S/c31-21-12-14-27(38-18-19-11-13-25(32)26(33)15-19)20(16-21)17-24-28(36)34(22-7-3-1-4-8-22)30(39)35(29(24)37)23-9-5-2-6-10-23/h1-17H,18H2. The second-order valence-electron chi connectivity index (χ2n) is 8.51. The van der Waals surface area contributed by atoms with Crippen molar-refractivity contribution in [1.82, 2.24) is 0 Å². The van der Waals surface area contributed by atoms with Crippen LogP contribution >= 0.6 is 47.0 Å². The first-order valence-corrected chi connectivity index (χ1v) is 13.3. The van der Waals surface area contributed by atoms with Gasteiger partial charge in [0.15, 0.2) is 5.11 Å². The summed E-state index contributed by atoms with van der Waals surface area (Å²) in [5, 5.41) is 1.32. The highest BCUT2D eigenvalue weighted by atomic mass is 35.5. The zero-order valence-electron chi connectivity index (χ0n) is 20.2. The minimum atomic E-state index is -0.557. The van der Waals surface area contributed by atoms with Crippen LogP contribution in [0.25, 0.3) is 6.08 Å². The van der Waals surface area contributed by atoms with Gasteiger partial charge in [-0.3, -0.25) is 19.4 Å². The van der Waals surface area contributed by atoms with Gasteiger partial charge in [-0.2, -0.15) is 0 Å². The lowest BCUT2D eigenvalue weighted by Crippen LogP contribution is -2.56. The maximum absolute atomic E-state index is 13.8. The van der Waals surface area contributed by atoms with Crippen LogP contribution in [0.3, 0.4) is 0 Å². The summed E-state index contributed by atoms with van der Waals surface area (Å²) in [6.07, 6.45) is 1.48. The van der Waals surface area contributed by atoms with Crippen LogP contribution in [0.1, 0.15) is 11.1 Å². The molecular formula is C30H19Cl3N2O3S. The molecule has 1 aliphatic rings. The SMILES string of the molecule is O=C1C(=Cc2cc(Cl)ccc2OCc2ccc(Cl)c(Cl)c2)C(=O)N(c2ccccc2)C(=S)N1c1ccccc1. The molecule has 1 aliphatic heterocycles. The van der Waals surface area contributed by atoms with Gasteiger partial charge in [0, 0.05) is 10.6 Å². The van der Waals surface area contributed by atoms with E-state index in [1.165, 1.54) is 15.9 Å². The molecule has 0 bridgehead atoms. The van der Waals surface area contributed by atoms with E-state index in [4.69, 9.17) is 51.8 Å². The van der Waals surface area contributed by atoms with Crippen molar-refractivity contribution in [2.45, 2.75) is 6.61 Å². The Labute approximate surface area is 245 Å². The Morgan fingerprint density at radius 3 is 1.87 bits per heavy atom. The summed E-state index contributed by atoms with van der Waals surface area (Å²) >= 11 is 24.1. The van der Waals surface area contributed by atoms with Crippen LogP contribution in [0.5, 0.6) is 5.75 Å². The third-order valence-corrected chi connectivity index (χ3v) is 7.27. The molecule has 0 N–H and O–H groups in total. The number of carbonyl (C=O) groups excluding carboxylic acids is 2. The Morgan fingerprint density at radius 2 is 1.31 bits per heavy atom. The number of amides is 2. The van der Waals surface area contributed by atoms with Crippen molar-refractivity contribution in [2.75, 3.05) is 9.80 Å². The summed E-state index contributed by atoms with van der Waals surface area (Å²) in [5.41, 5.74) is 2.22.